The highest BCUT2D eigenvalue weighted by Gasteiger charge is 2.11. The number of hydrogen-bond acceptors (Lipinski definition) is 4. The molecular formula is C16H16N3O2S-. The van der Waals surface area contributed by atoms with Crippen molar-refractivity contribution in [1.82, 2.24) is 15.2 Å². The molecule has 114 valence electrons. The van der Waals surface area contributed by atoms with Gasteiger partial charge in [0.1, 0.15) is 0 Å². The van der Waals surface area contributed by atoms with Crippen molar-refractivity contribution < 1.29 is 9.90 Å². The largest absolute Gasteiger partial charge is 0.548 e. The van der Waals surface area contributed by atoms with Crippen molar-refractivity contribution in [1.29, 1.82) is 0 Å². The number of rotatable bonds is 6. The molecule has 1 aromatic carbocycles. The second kappa shape index (κ2) is 8.09. The molecule has 0 aliphatic carbocycles. The van der Waals surface area contributed by atoms with Gasteiger partial charge in [-0.15, -0.1) is 0 Å². The summed E-state index contributed by atoms with van der Waals surface area (Å²) in [6, 6.07) is 13.7. The third-order valence-corrected chi connectivity index (χ3v) is 3.39. The predicted octanol–water partition coefficient (Wildman–Crippen LogP) is 0.708. The van der Waals surface area contributed by atoms with E-state index in [2.05, 4.69) is 10.3 Å². The summed E-state index contributed by atoms with van der Waals surface area (Å²) in [5.41, 5.74) is 2.08. The van der Waals surface area contributed by atoms with Crippen LogP contribution in [0.5, 0.6) is 0 Å². The summed E-state index contributed by atoms with van der Waals surface area (Å²) in [4.78, 5) is 16.6. The Balaban J connectivity index is 2.09. The number of hydrogen-bond donors (Lipinski definition) is 1. The van der Waals surface area contributed by atoms with Crippen molar-refractivity contribution in [3.05, 3.63) is 66.0 Å². The molecule has 2 aromatic rings. The fraction of sp³-hybridized carbons (Fsp3) is 0.188. The summed E-state index contributed by atoms with van der Waals surface area (Å²) in [7, 11) is 0. The van der Waals surface area contributed by atoms with Crippen LogP contribution < -0.4 is 10.4 Å². The summed E-state index contributed by atoms with van der Waals surface area (Å²) in [6.07, 6.45) is 3.47. The number of nitrogens with zero attached hydrogens (tertiary/aromatic N) is 2. The average Bonchev–Trinajstić information content (AvgIpc) is 2.54. The van der Waals surface area contributed by atoms with Gasteiger partial charge in [-0.3, -0.25) is 4.98 Å². The van der Waals surface area contributed by atoms with E-state index in [1.165, 1.54) is 0 Å². The highest BCUT2D eigenvalue weighted by atomic mass is 32.1. The van der Waals surface area contributed by atoms with E-state index in [9.17, 15) is 9.90 Å². The van der Waals surface area contributed by atoms with E-state index < -0.39 is 5.97 Å². The molecule has 0 fully saturated rings. The number of aliphatic carboxylic acids is 1. The van der Waals surface area contributed by atoms with Gasteiger partial charge in [0.2, 0.25) is 0 Å². The molecule has 0 saturated carbocycles. The van der Waals surface area contributed by atoms with Gasteiger partial charge in [0.25, 0.3) is 0 Å². The van der Waals surface area contributed by atoms with Crippen LogP contribution in [0.15, 0.2) is 54.9 Å². The quantitative estimate of drug-likeness (QED) is 0.792. The molecule has 1 aromatic heterocycles. The summed E-state index contributed by atoms with van der Waals surface area (Å²) in [5, 5.41) is 13.7. The molecule has 1 heterocycles. The van der Waals surface area contributed by atoms with Crippen molar-refractivity contribution in [3.8, 4) is 0 Å². The van der Waals surface area contributed by atoms with E-state index in [1.807, 2.05) is 47.4 Å². The molecule has 0 aliphatic rings. The normalized spacial score (nSPS) is 10.0. The van der Waals surface area contributed by atoms with Crippen molar-refractivity contribution in [2.24, 2.45) is 0 Å². The van der Waals surface area contributed by atoms with Crippen LogP contribution in [-0.4, -0.2) is 27.5 Å². The van der Waals surface area contributed by atoms with Crippen LogP contribution in [0.2, 0.25) is 0 Å². The van der Waals surface area contributed by atoms with Crippen molar-refractivity contribution >= 4 is 23.3 Å². The highest BCUT2D eigenvalue weighted by molar-refractivity contribution is 7.80. The number of carboxylic acid groups (broad SMARTS) is 1. The Morgan fingerprint density at radius 3 is 2.45 bits per heavy atom. The Bertz CT molecular complexity index is 578. The van der Waals surface area contributed by atoms with Gasteiger partial charge >= 0.3 is 0 Å². The molecule has 1 N–H and O–H groups in total. The van der Waals surface area contributed by atoms with Gasteiger partial charge in [0.05, 0.1) is 12.5 Å². The molecule has 0 aliphatic heterocycles. The number of carboxylic acids is 1. The van der Waals surface area contributed by atoms with Crippen molar-refractivity contribution in [2.45, 2.75) is 13.1 Å². The van der Waals surface area contributed by atoms with Crippen LogP contribution in [0.4, 0.5) is 0 Å². The zero-order valence-corrected chi connectivity index (χ0v) is 12.8. The molecule has 0 amide bonds. The molecule has 2 rings (SSSR count). The maximum absolute atomic E-state index is 10.6. The lowest BCUT2D eigenvalue weighted by atomic mass is 10.2. The first-order chi connectivity index (χ1) is 10.6. The number of nitrogens with one attached hydrogen (secondary N) is 1. The van der Waals surface area contributed by atoms with E-state index in [4.69, 9.17) is 12.2 Å². The number of thiocarbonyl (C=S) groups is 1. The first-order valence-electron chi connectivity index (χ1n) is 6.80. The molecule has 0 saturated heterocycles. The van der Waals surface area contributed by atoms with Gasteiger partial charge in [0.15, 0.2) is 5.11 Å². The molecule has 0 radical (unpaired) electrons. The van der Waals surface area contributed by atoms with Gasteiger partial charge in [-0.05, 0) is 29.4 Å². The third kappa shape index (κ3) is 5.14. The Morgan fingerprint density at radius 2 is 1.82 bits per heavy atom. The summed E-state index contributed by atoms with van der Waals surface area (Å²) in [6.45, 7) is 0.813. The number of carbonyl (C=O) groups is 1. The second-order valence-electron chi connectivity index (χ2n) is 4.73. The Kier molecular flexibility index (Phi) is 5.85. The van der Waals surface area contributed by atoms with Gasteiger partial charge in [0, 0.05) is 25.5 Å². The van der Waals surface area contributed by atoms with Gasteiger partial charge < -0.3 is 20.1 Å². The molecule has 0 atom stereocenters. The minimum atomic E-state index is -1.19. The van der Waals surface area contributed by atoms with Crippen LogP contribution in [0.25, 0.3) is 0 Å². The van der Waals surface area contributed by atoms with E-state index in [1.54, 1.807) is 12.4 Å². The maximum Gasteiger partial charge on any atom is 0.169 e. The van der Waals surface area contributed by atoms with Gasteiger partial charge in [-0.1, -0.05) is 36.4 Å². The molecule has 0 unspecified atom stereocenters. The topological polar surface area (TPSA) is 68.3 Å². The fourth-order valence-electron chi connectivity index (χ4n) is 1.97. The van der Waals surface area contributed by atoms with Gasteiger partial charge in [-0.2, -0.15) is 0 Å². The zero-order valence-electron chi connectivity index (χ0n) is 11.9. The van der Waals surface area contributed by atoms with Crippen molar-refractivity contribution in [3.63, 3.8) is 0 Å². The van der Waals surface area contributed by atoms with Crippen molar-refractivity contribution in [2.75, 3.05) is 6.54 Å². The SMILES string of the molecule is O=C([O-])CNC(=S)N(Cc1ccccc1)Cc1cccnc1. The summed E-state index contributed by atoms with van der Waals surface area (Å²) < 4.78 is 0. The molecule has 5 nitrogen and oxygen atoms in total. The number of aromatic nitrogens is 1. The lowest BCUT2D eigenvalue weighted by Gasteiger charge is -2.26. The zero-order chi connectivity index (χ0) is 15.8. The Labute approximate surface area is 134 Å². The molecular weight excluding hydrogens is 298 g/mol. The molecule has 0 spiro atoms. The van der Waals surface area contributed by atoms with Crippen LogP contribution in [0.3, 0.4) is 0 Å². The van der Waals surface area contributed by atoms with E-state index in [0.717, 1.165) is 11.1 Å². The van der Waals surface area contributed by atoms with E-state index >= 15 is 0 Å². The Hall–Kier alpha value is -2.47. The first kappa shape index (κ1) is 15.9. The number of benzene rings is 1. The smallest absolute Gasteiger partial charge is 0.169 e. The minimum absolute atomic E-state index is 0.308. The predicted molar refractivity (Wildman–Crippen MR) is 85.5 cm³/mol. The minimum Gasteiger partial charge on any atom is -0.548 e. The second-order valence-corrected chi connectivity index (χ2v) is 5.12. The van der Waals surface area contributed by atoms with E-state index in [-0.39, 0.29) is 6.54 Å². The fourth-order valence-corrected chi connectivity index (χ4v) is 2.18. The summed E-state index contributed by atoms with van der Waals surface area (Å²) in [5.74, 6) is -1.19. The Morgan fingerprint density at radius 1 is 1.14 bits per heavy atom. The highest BCUT2D eigenvalue weighted by Crippen LogP contribution is 2.09. The maximum atomic E-state index is 10.6. The lowest BCUT2D eigenvalue weighted by molar-refractivity contribution is -0.303. The van der Waals surface area contributed by atoms with Gasteiger partial charge in [-0.25, -0.2) is 0 Å². The third-order valence-electron chi connectivity index (χ3n) is 2.98. The van der Waals surface area contributed by atoms with Crippen LogP contribution in [0, 0.1) is 0 Å². The lowest BCUT2D eigenvalue weighted by Crippen LogP contribution is -2.44. The molecule has 22 heavy (non-hydrogen) atoms. The average molecular weight is 314 g/mol. The van der Waals surface area contributed by atoms with Crippen LogP contribution in [-0.2, 0) is 17.9 Å². The van der Waals surface area contributed by atoms with Crippen LogP contribution >= 0.6 is 12.2 Å². The monoisotopic (exact) mass is 314 g/mol. The number of carbonyl (C=O) groups excluding carboxylic acids is 1. The standard InChI is InChI=1S/C16H17N3O2S/c20-15(21)10-18-16(22)19(11-13-5-2-1-3-6-13)12-14-7-4-8-17-9-14/h1-9H,10-12H2,(H,18,22)(H,20,21)/p-1. The molecule has 0 bridgehead atoms. The van der Waals surface area contributed by atoms with Crippen LogP contribution in [0.1, 0.15) is 11.1 Å². The summed E-state index contributed by atoms with van der Waals surface area (Å²) >= 11 is 5.30. The first-order valence-corrected chi connectivity index (χ1v) is 7.21. The van der Waals surface area contributed by atoms with E-state index in [0.29, 0.717) is 18.2 Å². The number of pyridine rings is 1. The molecule has 6 heteroatoms.